The zero-order valence-corrected chi connectivity index (χ0v) is 13.0. The van der Waals surface area contributed by atoms with Crippen molar-refractivity contribution in [1.29, 1.82) is 0 Å². The summed E-state index contributed by atoms with van der Waals surface area (Å²) in [4.78, 5) is 23.6. The molecule has 0 bridgehead atoms. The molecule has 4 heteroatoms. The first-order valence-electron chi connectivity index (χ1n) is 7.24. The molecular weight excluding hydrogens is 244 g/mol. The number of rotatable bonds is 9. The van der Waals surface area contributed by atoms with E-state index in [0.29, 0.717) is 12.5 Å². The largest absolute Gasteiger partial charge is 0.465 e. The molecule has 112 valence electrons. The van der Waals surface area contributed by atoms with Gasteiger partial charge in [0.05, 0.1) is 13.2 Å². The van der Waals surface area contributed by atoms with E-state index < -0.39 is 17.4 Å². The van der Waals surface area contributed by atoms with E-state index in [1.54, 1.807) is 20.8 Å². The number of esters is 2. The van der Waals surface area contributed by atoms with Crippen LogP contribution in [0.15, 0.2) is 0 Å². The lowest BCUT2D eigenvalue weighted by Crippen LogP contribution is -2.37. The van der Waals surface area contributed by atoms with Crippen LogP contribution in [0, 0.1) is 11.3 Å². The molecule has 4 nitrogen and oxygen atoms in total. The van der Waals surface area contributed by atoms with Crippen molar-refractivity contribution >= 4 is 11.9 Å². The van der Waals surface area contributed by atoms with Crippen LogP contribution >= 0.6 is 0 Å². The molecule has 0 aromatic heterocycles. The van der Waals surface area contributed by atoms with Gasteiger partial charge >= 0.3 is 11.9 Å². The number of carbonyl (C=O) groups is 2. The molecule has 0 heterocycles. The van der Waals surface area contributed by atoms with Gasteiger partial charge in [0.2, 0.25) is 0 Å². The molecule has 0 radical (unpaired) electrons. The van der Waals surface area contributed by atoms with Gasteiger partial charge in [-0.15, -0.1) is 0 Å². The Morgan fingerprint density at radius 3 is 2.11 bits per heavy atom. The van der Waals surface area contributed by atoms with Crippen molar-refractivity contribution in [3.8, 4) is 0 Å². The third-order valence-electron chi connectivity index (χ3n) is 3.29. The summed E-state index contributed by atoms with van der Waals surface area (Å²) >= 11 is 0. The second-order valence-corrected chi connectivity index (χ2v) is 5.36. The van der Waals surface area contributed by atoms with E-state index in [9.17, 15) is 9.59 Å². The van der Waals surface area contributed by atoms with Gasteiger partial charge in [0.1, 0.15) is 0 Å². The minimum atomic E-state index is -1.22. The van der Waals surface area contributed by atoms with E-state index in [4.69, 9.17) is 9.47 Å². The Hall–Kier alpha value is -1.06. The molecule has 0 spiro atoms. The Balaban J connectivity index is 4.31. The topological polar surface area (TPSA) is 52.6 Å². The zero-order valence-electron chi connectivity index (χ0n) is 13.0. The first-order valence-corrected chi connectivity index (χ1v) is 7.24. The number of hydrogen-bond donors (Lipinski definition) is 0. The molecule has 0 saturated heterocycles. The minimum Gasteiger partial charge on any atom is -0.465 e. The van der Waals surface area contributed by atoms with Gasteiger partial charge in [-0.3, -0.25) is 9.59 Å². The Morgan fingerprint density at radius 2 is 1.63 bits per heavy atom. The van der Waals surface area contributed by atoms with Gasteiger partial charge in [0, 0.05) is 0 Å². The summed E-state index contributed by atoms with van der Waals surface area (Å²) in [5.41, 5.74) is -1.22. The van der Waals surface area contributed by atoms with Gasteiger partial charge in [0.15, 0.2) is 5.41 Å². The normalized spacial score (nSPS) is 12.9. The molecule has 0 aromatic carbocycles. The van der Waals surface area contributed by atoms with E-state index in [0.717, 1.165) is 25.7 Å². The van der Waals surface area contributed by atoms with Crippen molar-refractivity contribution < 1.29 is 19.1 Å². The summed E-state index contributed by atoms with van der Waals surface area (Å²) < 4.78 is 10.2. The quantitative estimate of drug-likeness (QED) is 0.477. The molecule has 0 saturated carbocycles. The average molecular weight is 272 g/mol. The fourth-order valence-corrected chi connectivity index (χ4v) is 1.67. The Morgan fingerprint density at radius 1 is 1.05 bits per heavy atom. The summed E-state index contributed by atoms with van der Waals surface area (Å²) in [5, 5.41) is 0. The highest BCUT2D eigenvalue weighted by Gasteiger charge is 2.39. The van der Waals surface area contributed by atoms with E-state index in [-0.39, 0.29) is 6.61 Å². The van der Waals surface area contributed by atoms with Crippen molar-refractivity contribution in [1.82, 2.24) is 0 Å². The SMILES string of the molecule is CCCCC(CC)COC(=O)C(C)(C)C(=O)OCC. The molecule has 1 unspecified atom stereocenters. The third-order valence-corrected chi connectivity index (χ3v) is 3.29. The average Bonchev–Trinajstić information content (AvgIpc) is 2.38. The standard InChI is InChI=1S/C15H28O4/c1-6-9-10-12(7-2)11-19-14(17)15(4,5)13(16)18-8-3/h12H,6-11H2,1-5H3. The van der Waals surface area contributed by atoms with Crippen LogP contribution in [0.25, 0.3) is 0 Å². The minimum absolute atomic E-state index is 0.267. The van der Waals surface area contributed by atoms with E-state index >= 15 is 0 Å². The molecule has 19 heavy (non-hydrogen) atoms. The van der Waals surface area contributed by atoms with Crippen LogP contribution in [-0.4, -0.2) is 25.2 Å². The van der Waals surface area contributed by atoms with Gasteiger partial charge in [0.25, 0.3) is 0 Å². The highest BCUT2D eigenvalue weighted by atomic mass is 16.6. The maximum absolute atomic E-state index is 12.0. The lowest BCUT2D eigenvalue weighted by Gasteiger charge is -2.22. The number of unbranched alkanes of at least 4 members (excludes halogenated alkanes) is 1. The molecule has 0 fully saturated rings. The van der Waals surface area contributed by atoms with Crippen LogP contribution in [0.5, 0.6) is 0 Å². The maximum Gasteiger partial charge on any atom is 0.322 e. The molecule has 1 atom stereocenters. The van der Waals surface area contributed by atoms with Crippen LogP contribution in [0.3, 0.4) is 0 Å². The fourth-order valence-electron chi connectivity index (χ4n) is 1.67. The molecule has 0 amide bonds. The molecule has 0 aromatic rings. The van der Waals surface area contributed by atoms with Crippen molar-refractivity contribution in [3.05, 3.63) is 0 Å². The lowest BCUT2D eigenvalue weighted by molar-refractivity contribution is -0.170. The molecular formula is C15H28O4. The van der Waals surface area contributed by atoms with Gasteiger partial charge < -0.3 is 9.47 Å². The molecule has 0 aliphatic rings. The molecule has 0 rings (SSSR count). The maximum atomic E-state index is 12.0. The molecule has 0 N–H and O–H groups in total. The van der Waals surface area contributed by atoms with Gasteiger partial charge in [-0.25, -0.2) is 0 Å². The number of carbonyl (C=O) groups excluding carboxylic acids is 2. The van der Waals surface area contributed by atoms with Crippen molar-refractivity contribution in [2.75, 3.05) is 13.2 Å². The number of ether oxygens (including phenoxy) is 2. The first kappa shape index (κ1) is 17.9. The monoisotopic (exact) mass is 272 g/mol. The predicted octanol–water partition coefficient (Wildman–Crippen LogP) is 3.34. The smallest absolute Gasteiger partial charge is 0.322 e. The Bertz CT molecular complexity index is 284. The zero-order chi connectivity index (χ0) is 14.9. The van der Waals surface area contributed by atoms with Gasteiger partial charge in [-0.2, -0.15) is 0 Å². The van der Waals surface area contributed by atoms with Gasteiger partial charge in [-0.05, 0) is 33.1 Å². The summed E-state index contributed by atoms with van der Waals surface area (Å²) in [5.74, 6) is -0.649. The van der Waals surface area contributed by atoms with E-state index in [1.807, 2.05) is 0 Å². The third kappa shape index (κ3) is 6.08. The lowest BCUT2D eigenvalue weighted by atomic mass is 9.94. The highest BCUT2D eigenvalue weighted by molar-refractivity contribution is 5.99. The van der Waals surface area contributed by atoms with Crippen molar-refractivity contribution in [2.45, 2.75) is 60.3 Å². The Kier molecular flexibility index (Phi) is 8.44. The van der Waals surface area contributed by atoms with Crippen LogP contribution in [-0.2, 0) is 19.1 Å². The highest BCUT2D eigenvalue weighted by Crippen LogP contribution is 2.21. The summed E-state index contributed by atoms with van der Waals surface area (Å²) in [6, 6.07) is 0. The first-order chi connectivity index (χ1) is 8.89. The van der Waals surface area contributed by atoms with Crippen LogP contribution in [0.1, 0.15) is 60.3 Å². The van der Waals surface area contributed by atoms with Crippen molar-refractivity contribution in [2.24, 2.45) is 11.3 Å². The van der Waals surface area contributed by atoms with E-state index in [2.05, 4.69) is 13.8 Å². The Labute approximate surface area is 116 Å². The number of hydrogen-bond acceptors (Lipinski definition) is 4. The van der Waals surface area contributed by atoms with Crippen LogP contribution < -0.4 is 0 Å². The summed E-state index contributed by atoms with van der Waals surface area (Å²) in [7, 11) is 0. The second-order valence-electron chi connectivity index (χ2n) is 5.36. The fraction of sp³-hybridized carbons (Fsp3) is 0.867. The van der Waals surface area contributed by atoms with Crippen molar-refractivity contribution in [3.63, 3.8) is 0 Å². The van der Waals surface area contributed by atoms with Crippen LogP contribution in [0.2, 0.25) is 0 Å². The van der Waals surface area contributed by atoms with Gasteiger partial charge in [-0.1, -0.05) is 33.1 Å². The molecule has 0 aliphatic heterocycles. The van der Waals surface area contributed by atoms with E-state index in [1.165, 1.54) is 0 Å². The summed E-state index contributed by atoms with van der Waals surface area (Å²) in [6.45, 7) is 9.69. The van der Waals surface area contributed by atoms with Crippen LogP contribution in [0.4, 0.5) is 0 Å². The second kappa shape index (κ2) is 8.94. The summed E-state index contributed by atoms with van der Waals surface area (Å²) in [6.07, 6.45) is 4.31. The molecule has 0 aliphatic carbocycles. The predicted molar refractivity (Wildman–Crippen MR) is 74.7 cm³/mol.